The van der Waals surface area contributed by atoms with Gasteiger partial charge in [-0.25, -0.2) is 19.7 Å². The Bertz CT molecular complexity index is 1210. The normalized spacial score (nSPS) is 11.3. The SMILES string of the molecule is CN(Cc1cnc2nc(N)cc(N)c2n1)c1ccc(C(=O)NC(CCC(=O)O)C(=O)O)cc1.Cl. The number of rotatable bonds is 9. The smallest absolute Gasteiger partial charge is 0.326 e. The molecule has 0 saturated heterocycles. The van der Waals surface area contributed by atoms with E-state index in [9.17, 15) is 19.5 Å². The third kappa shape index (κ3) is 6.42. The van der Waals surface area contributed by atoms with Gasteiger partial charge in [-0.1, -0.05) is 0 Å². The topological polar surface area (TPSA) is 198 Å². The Morgan fingerprint density at radius 1 is 1.12 bits per heavy atom. The Labute approximate surface area is 200 Å². The first-order chi connectivity index (χ1) is 15.6. The molecule has 13 heteroatoms. The molecule has 34 heavy (non-hydrogen) atoms. The molecule has 180 valence electrons. The van der Waals surface area contributed by atoms with Crippen LogP contribution in [0.15, 0.2) is 36.5 Å². The predicted octanol–water partition coefficient (Wildman–Crippen LogP) is 1.30. The number of nitrogens with two attached hydrogens (primary N) is 2. The van der Waals surface area contributed by atoms with Gasteiger partial charge in [0.25, 0.3) is 5.91 Å². The summed E-state index contributed by atoms with van der Waals surface area (Å²) in [7, 11) is 1.83. The van der Waals surface area contributed by atoms with Gasteiger partial charge in [-0.05, 0) is 30.7 Å². The highest BCUT2D eigenvalue weighted by Crippen LogP contribution is 2.20. The van der Waals surface area contributed by atoms with Crippen LogP contribution < -0.4 is 21.7 Å². The molecule has 3 aromatic rings. The number of carboxylic acids is 2. The van der Waals surface area contributed by atoms with Crippen LogP contribution in [0, 0.1) is 0 Å². The molecule has 7 N–H and O–H groups in total. The zero-order valence-electron chi connectivity index (χ0n) is 18.1. The van der Waals surface area contributed by atoms with Gasteiger partial charge in [-0.2, -0.15) is 0 Å². The van der Waals surface area contributed by atoms with Crippen molar-refractivity contribution in [2.75, 3.05) is 23.4 Å². The molecule has 1 aromatic carbocycles. The lowest BCUT2D eigenvalue weighted by Gasteiger charge is -2.19. The van der Waals surface area contributed by atoms with Crippen molar-refractivity contribution in [2.24, 2.45) is 0 Å². The van der Waals surface area contributed by atoms with Gasteiger partial charge in [0.15, 0.2) is 5.65 Å². The summed E-state index contributed by atoms with van der Waals surface area (Å²) in [5, 5.41) is 20.3. The number of nitrogen functional groups attached to an aromatic ring is 2. The number of anilines is 3. The Balaban J connectivity index is 0.00000408. The van der Waals surface area contributed by atoms with Crippen molar-refractivity contribution in [3.63, 3.8) is 0 Å². The zero-order valence-corrected chi connectivity index (χ0v) is 19.0. The van der Waals surface area contributed by atoms with Crippen LogP contribution in [0.4, 0.5) is 17.2 Å². The van der Waals surface area contributed by atoms with Gasteiger partial charge in [0.1, 0.15) is 17.4 Å². The monoisotopic (exact) mass is 489 g/mol. The number of amides is 1. The van der Waals surface area contributed by atoms with E-state index in [2.05, 4.69) is 20.3 Å². The van der Waals surface area contributed by atoms with E-state index in [0.29, 0.717) is 29.1 Å². The molecule has 1 amide bonds. The molecule has 0 radical (unpaired) electrons. The summed E-state index contributed by atoms with van der Waals surface area (Å²) >= 11 is 0. The van der Waals surface area contributed by atoms with Gasteiger partial charge in [0.2, 0.25) is 0 Å². The lowest BCUT2D eigenvalue weighted by atomic mass is 10.1. The summed E-state index contributed by atoms with van der Waals surface area (Å²) in [6, 6.07) is 6.73. The maximum atomic E-state index is 12.4. The molecule has 0 aliphatic carbocycles. The summed E-state index contributed by atoms with van der Waals surface area (Å²) in [5.74, 6) is -2.78. The molecule has 0 saturated carbocycles. The Morgan fingerprint density at radius 3 is 2.41 bits per heavy atom. The molecule has 0 fully saturated rings. The second kappa shape index (κ2) is 11.1. The molecule has 3 rings (SSSR count). The second-order valence-electron chi connectivity index (χ2n) is 7.37. The van der Waals surface area contributed by atoms with Crippen LogP contribution in [0.2, 0.25) is 0 Å². The molecule has 2 heterocycles. The van der Waals surface area contributed by atoms with Gasteiger partial charge in [0, 0.05) is 30.8 Å². The van der Waals surface area contributed by atoms with E-state index >= 15 is 0 Å². The van der Waals surface area contributed by atoms with E-state index in [-0.39, 0.29) is 36.6 Å². The van der Waals surface area contributed by atoms with Crippen molar-refractivity contribution < 1.29 is 24.6 Å². The number of carbonyl (C=O) groups excluding carboxylic acids is 1. The average Bonchev–Trinajstić information content (AvgIpc) is 2.76. The van der Waals surface area contributed by atoms with Crippen molar-refractivity contribution >= 4 is 58.6 Å². The first kappa shape index (κ1) is 26.1. The fourth-order valence-corrected chi connectivity index (χ4v) is 3.12. The maximum Gasteiger partial charge on any atom is 0.326 e. The average molecular weight is 490 g/mol. The molecule has 0 bridgehead atoms. The van der Waals surface area contributed by atoms with Crippen molar-refractivity contribution in [3.8, 4) is 0 Å². The first-order valence-corrected chi connectivity index (χ1v) is 9.88. The number of nitrogens with zero attached hydrogens (tertiary/aromatic N) is 4. The molecule has 0 aliphatic rings. The number of aromatic nitrogens is 3. The van der Waals surface area contributed by atoms with Crippen molar-refractivity contribution in [1.82, 2.24) is 20.3 Å². The Kier molecular flexibility index (Phi) is 8.51. The van der Waals surface area contributed by atoms with Crippen molar-refractivity contribution in [2.45, 2.75) is 25.4 Å². The van der Waals surface area contributed by atoms with E-state index in [1.807, 2.05) is 11.9 Å². The minimum atomic E-state index is -1.30. The third-order valence-corrected chi connectivity index (χ3v) is 4.83. The Hall–Kier alpha value is -4.19. The van der Waals surface area contributed by atoms with E-state index in [0.717, 1.165) is 5.69 Å². The third-order valence-electron chi connectivity index (χ3n) is 4.83. The standard InChI is InChI=1S/C21H23N7O5.ClH/c1-28(10-12-9-24-19-18(25-12)14(22)8-16(23)27-19)13-4-2-11(3-5-13)20(31)26-15(21(32)33)6-7-17(29)30;/h2-5,8-9,15H,6-7,10H2,1H3,(H,26,31)(H,29,30)(H,32,33)(H4,22,23,24,27);1H. The highest BCUT2D eigenvalue weighted by molar-refractivity contribution is 5.97. The number of hydrogen-bond acceptors (Lipinski definition) is 9. The summed E-state index contributed by atoms with van der Waals surface area (Å²) in [4.78, 5) is 49.1. The number of hydrogen-bond donors (Lipinski definition) is 5. The van der Waals surface area contributed by atoms with Crippen LogP contribution in [0.1, 0.15) is 28.9 Å². The highest BCUT2D eigenvalue weighted by Gasteiger charge is 2.21. The fourth-order valence-electron chi connectivity index (χ4n) is 3.12. The zero-order chi connectivity index (χ0) is 24.1. The van der Waals surface area contributed by atoms with Gasteiger partial charge in [-0.3, -0.25) is 9.59 Å². The minimum Gasteiger partial charge on any atom is -0.481 e. The van der Waals surface area contributed by atoms with Crippen LogP contribution in [-0.4, -0.2) is 56.1 Å². The maximum absolute atomic E-state index is 12.4. The number of nitrogens with one attached hydrogen (secondary N) is 1. The number of carbonyl (C=O) groups is 3. The van der Waals surface area contributed by atoms with Gasteiger partial charge in [-0.15, -0.1) is 12.4 Å². The molecule has 12 nitrogen and oxygen atoms in total. The number of carboxylic acid groups (broad SMARTS) is 2. The van der Waals surface area contributed by atoms with Crippen molar-refractivity contribution in [1.29, 1.82) is 0 Å². The second-order valence-corrected chi connectivity index (χ2v) is 7.37. The molecule has 0 aliphatic heterocycles. The summed E-state index contributed by atoms with van der Waals surface area (Å²) in [6.45, 7) is 0.397. The summed E-state index contributed by atoms with van der Waals surface area (Å²) in [6.07, 6.45) is 1.00. The number of aliphatic carboxylic acids is 2. The lowest BCUT2D eigenvalue weighted by Crippen LogP contribution is -2.41. The quantitative estimate of drug-likeness (QED) is 0.290. The minimum absolute atomic E-state index is 0. The van der Waals surface area contributed by atoms with E-state index in [1.165, 1.54) is 6.07 Å². The first-order valence-electron chi connectivity index (χ1n) is 9.88. The van der Waals surface area contributed by atoms with Gasteiger partial charge in [0.05, 0.1) is 24.1 Å². The number of pyridine rings is 1. The van der Waals surface area contributed by atoms with E-state index < -0.39 is 23.9 Å². The molecule has 2 aromatic heterocycles. The number of benzene rings is 1. The van der Waals surface area contributed by atoms with Crippen LogP contribution in [0.5, 0.6) is 0 Å². The fraction of sp³-hybridized carbons (Fsp3) is 0.238. The Morgan fingerprint density at radius 2 is 1.79 bits per heavy atom. The van der Waals surface area contributed by atoms with Gasteiger partial charge >= 0.3 is 11.9 Å². The van der Waals surface area contributed by atoms with Crippen LogP contribution >= 0.6 is 12.4 Å². The van der Waals surface area contributed by atoms with Crippen molar-refractivity contribution in [3.05, 3.63) is 47.8 Å². The lowest BCUT2D eigenvalue weighted by molar-refractivity contribution is -0.140. The molecular formula is C21H24ClN7O5. The molecule has 1 unspecified atom stereocenters. The molecular weight excluding hydrogens is 466 g/mol. The largest absolute Gasteiger partial charge is 0.481 e. The summed E-state index contributed by atoms with van der Waals surface area (Å²) in [5.41, 5.74) is 14.5. The van der Waals surface area contributed by atoms with Crippen LogP contribution in [-0.2, 0) is 16.1 Å². The highest BCUT2D eigenvalue weighted by atomic mass is 35.5. The summed E-state index contributed by atoms with van der Waals surface area (Å²) < 4.78 is 0. The van der Waals surface area contributed by atoms with Crippen LogP contribution in [0.25, 0.3) is 11.2 Å². The van der Waals surface area contributed by atoms with Crippen LogP contribution in [0.3, 0.4) is 0 Å². The molecule has 1 atom stereocenters. The number of fused-ring (bicyclic) bond motifs is 1. The van der Waals surface area contributed by atoms with E-state index in [4.69, 9.17) is 16.6 Å². The van der Waals surface area contributed by atoms with Gasteiger partial charge < -0.3 is 31.9 Å². The predicted molar refractivity (Wildman–Crippen MR) is 128 cm³/mol. The van der Waals surface area contributed by atoms with E-state index in [1.54, 1.807) is 30.5 Å². The number of halogens is 1. The molecule has 0 spiro atoms.